The molecule has 5 aromatic rings. The van der Waals surface area contributed by atoms with Crippen LogP contribution in [0, 0.1) is 0 Å². The molecule has 0 fully saturated rings. The third-order valence-corrected chi connectivity index (χ3v) is 6.02. The summed E-state index contributed by atoms with van der Waals surface area (Å²) in [6.45, 7) is 0. The summed E-state index contributed by atoms with van der Waals surface area (Å²) < 4.78 is 44.8. The summed E-state index contributed by atoms with van der Waals surface area (Å²) in [6.07, 6.45) is 0.0469. The molecular weight excluding hydrogens is 513 g/mol. The Balaban J connectivity index is 1.41. The van der Waals surface area contributed by atoms with Crippen LogP contribution in [0.15, 0.2) is 61.2 Å². The number of amides is 2. The monoisotopic (exact) mass is 524 g/mol. The van der Waals surface area contributed by atoms with Gasteiger partial charge in [0, 0.05) is 22.0 Å². The molecule has 2 aromatic carbocycles. The maximum atomic E-state index is 14.3. The number of hydrogen-bond acceptors (Lipinski definition) is 6. The number of nitrogens with one attached hydrogen (secondary N) is 2. The first-order chi connectivity index (χ1) is 17.7. The summed E-state index contributed by atoms with van der Waals surface area (Å²) in [5.41, 5.74) is -1.04. The lowest BCUT2D eigenvalue weighted by molar-refractivity contribution is -0.143. The fourth-order valence-electron chi connectivity index (χ4n) is 4.22. The Labute approximate surface area is 209 Å². The molecule has 2 amide bonds. The van der Waals surface area contributed by atoms with E-state index in [1.807, 2.05) is 0 Å². The molecule has 6 rings (SSSR count). The van der Waals surface area contributed by atoms with Gasteiger partial charge in [0.15, 0.2) is 11.5 Å². The van der Waals surface area contributed by atoms with E-state index in [-0.39, 0.29) is 28.1 Å². The van der Waals surface area contributed by atoms with Crippen LogP contribution in [0.4, 0.5) is 24.5 Å². The van der Waals surface area contributed by atoms with Gasteiger partial charge in [-0.1, -0.05) is 28.9 Å². The van der Waals surface area contributed by atoms with Gasteiger partial charge in [0.2, 0.25) is 0 Å². The van der Waals surface area contributed by atoms with Crippen molar-refractivity contribution in [1.82, 2.24) is 29.8 Å². The molecule has 3 aromatic heterocycles. The quantitative estimate of drug-likeness (QED) is 0.357. The van der Waals surface area contributed by atoms with Crippen LogP contribution in [0.3, 0.4) is 0 Å². The van der Waals surface area contributed by atoms with E-state index in [9.17, 15) is 22.8 Å². The standard InChI is InChI=1S/C23H12ClF3N8O2/c24-15-8-11(9-28-20(15)34-7-6-29-33-34)31-22(37)14-10-30-35(19(14)23(25,26)27)17-5-4-16-18-12(17)2-1-3-13(18)21(36)32-16/h1-10H,(H,31,37)(H,32,36). The van der Waals surface area contributed by atoms with Gasteiger partial charge in [-0.3, -0.25) is 9.59 Å². The van der Waals surface area contributed by atoms with Crippen molar-refractivity contribution in [2.75, 3.05) is 10.6 Å². The number of carbonyl (C=O) groups excluding carboxylic acids is 2. The van der Waals surface area contributed by atoms with E-state index in [0.717, 1.165) is 6.20 Å². The van der Waals surface area contributed by atoms with Gasteiger partial charge >= 0.3 is 6.18 Å². The predicted octanol–water partition coefficient (Wildman–Crippen LogP) is 4.49. The van der Waals surface area contributed by atoms with Gasteiger partial charge in [-0.25, -0.2) is 14.3 Å². The number of anilines is 2. The van der Waals surface area contributed by atoms with Crippen molar-refractivity contribution in [3.63, 3.8) is 0 Å². The Morgan fingerprint density at radius 3 is 2.70 bits per heavy atom. The highest BCUT2D eigenvalue weighted by Gasteiger charge is 2.41. The third kappa shape index (κ3) is 3.67. The van der Waals surface area contributed by atoms with Gasteiger partial charge in [0.05, 0.1) is 46.7 Å². The summed E-state index contributed by atoms with van der Waals surface area (Å²) in [4.78, 5) is 29.3. The largest absolute Gasteiger partial charge is 0.434 e. The number of halogens is 4. The van der Waals surface area contributed by atoms with Crippen molar-refractivity contribution in [3.8, 4) is 11.5 Å². The molecule has 0 radical (unpaired) electrons. The minimum Gasteiger partial charge on any atom is -0.321 e. The molecule has 0 saturated carbocycles. The Morgan fingerprint density at radius 2 is 1.97 bits per heavy atom. The van der Waals surface area contributed by atoms with Crippen LogP contribution in [0.5, 0.6) is 0 Å². The van der Waals surface area contributed by atoms with Crippen LogP contribution >= 0.6 is 11.6 Å². The maximum Gasteiger partial charge on any atom is 0.434 e. The van der Waals surface area contributed by atoms with Crippen molar-refractivity contribution in [2.45, 2.75) is 6.18 Å². The van der Waals surface area contributed by atoms with Gasteiger partial charge < -0.3 is 10.6 Å². The second-order valence-corrected chi connectivity index (χ2v) is 8.37. The molecule has 1 aliphatic heterocycles. The van der Waals surface area contributed by atoms with Crippen LogP contribution in [0.25, 0.3) is 22.3 Å². The smallest absolute Gasteiger partial charge is 0.321 e. The van der Waals surface area contributed by atoms with Crippen molar-refractivity contribution >= 4 is 45.6 Å². The van der Waals surface area contributed by atoms with Gasteiger partial charge in [-0.15, -0.1) is 5.10 Å². The van der Waals surface area contributed by atoms with Gasteiger partial charge in [0.25, 0.3) is 11.8 Å². The first-order valence-electron chi connectivity index (χ1n) is 10.6. The summed E-state index contributed by atoms with van der Waals surface area (Å²) in [5, 5.41) is 17.3. The first kappa shape index (κ1) is 22.7. The summed E-state index contributed by atoms with van der Waals surface area (Å²) >= 11 is 6.21. The molecule has 1 aliphatic rings. The summed E-state index contributed by atoms with van der Waals surface area (Å²) in [5.74, 6) is -1.19. The second-order valence-electron chi connectivity index (χ2n) is 7.96. The topological polar surface area (TPSA) is 120 Å². The van der Waals surface area contributed by atoms with Crippen molar-refractivity contribution in [1.29, 1.82) is 0 Å². The van der Waals surface area contributed by atoms with Crippen molar-refractivity contribution in [3.05, 3.63) is 83.0 Å². The number of pyridine rings is 1. The second kappa shape index (κ2) is 8.13. The van der Waals surface area contributed by atoms with Crippen LogP contribution in [0.2, 0.25) is 5.02 Å². The van der Waals surface area contributed by atoms with Gasteiger partial charge in [-0.2, -0.15) is 18.3 Å². The fraction of sp³-hybridized carbons (Fsp3) is 0.0435. The normalized spacial score (nSPS) is 12.7. The zero-order chi connectivity index (χ0) is 25.9. The van der Waals surface area contributed by atoms with E-state index in [1.54, 1.807) is 18.2 Å². The zero-order valence-corrected chi connectivity index (χ0v) is 19.0. The van der Waals surface area contributed by atoms with Crippen LogP contribution in [-0.4, -0.2) is 41.6 Å². The number of rotatable bonds is 4. The minimum atomic E-state index is -4.94. The molecule has 0 spiro atoms. The zero-order valence-electron chi connectivity index (χ0n) is 18.3. The van der Waals surface area contributed by atoms with Gasteiger partial charge in [-0.05, 0) is 24.3 Å². The van der Waals surface area contributed by atoms with Crippen molar-refractivity contribution < 1.29 is 22.8 Å². The lowest BCUT2D eigenvalue weighted by Crippen LogP contribution is -2.21. The Bertz CT molecular complexity index is 1730. The molecule has 10 nitrogen and oxygen atoms in total. The number of nitrogens with zero attached hydrogens (tertiary/aromatic N) is 6. The SMILES string of the molecule is O=C(Nc1cnc(-n2ccnn2)c(Cl)c1)c1cnn(-c2ccc3c4c(cccc24)C(=O)N3)c1C(F)(F)F. The molecule has 184 valence electrons. The number of carbonyl (C=O) groups is 2. The average Bonchev–Trinajstić information content (AvgIpc) is 3.60. The highest BCUT2D eigenvalue weighted by Crippen LogP contribution is 2.39. The molecule has 0 saturated heterocycles. The molecule has 37 heavy (non-hydrogen) atoms. The number of alkyl halides is 3. The van der Waals surface area contributed by atoms with Crippen LogP contribution in [0.1, 0.15) is 26.4 Å². The Hall–Kier alpha value is -4.78. The number of benzene rings is 2. The van der Waals surface area contributed by atoms with E-state index < -0.39 is 23.3 Å². The lowest BCUT2D eigenvalue weighted by atomic mass is 10.0. The average molecular weight is 525 g/mol. The predicted molar refractivity (Wildman–Crippen MR) is 126 cm³/mol. The first-order valence-corrected chi connectivity index (χ1v) is 11.0. The number of aromatic nitrogens is 6. The summed E-state index contributed by atoms with van der Waals surface area (Å²) in [7, 11) is 0. The molecule has 0 unspecified atom stereocenters. The Morgan fingerprint density at radius 1 is 1.14 bits per heavy atom. The molecule has 4 heterocycles. The van der Waals surface area contributed by atoms with E-state index in [0.29, 0.717) is 26.7 Å². The summed E-state index contributed by atoms with van der Waals surface area (Å²) in [6, 6.07) is 8.97. The van der Waals surface area contributed by atoms with Crippen LogP contribution < -0.4 is 10.6 Å². The van der Waals surface area contributed by atoms with Crippen LogP contribution in [-0.2, 0) is 6.18 Å². The van der Waals surface area contributed by atoms with E-state index in [4.69, 9.17) is 11.6 Å². The Kier molecular flexibility index (Phi) is 4.98. The number of hydrogen-bond donors (Lipinski definition) is 2. The molecule has 0 bridgehead atoms. The van der Waals surface area contributed by atoms with Crippen molar-refractivity contribution in [2.24, 2.45) is 0 Å². The van der Waals surface area contributed by atoms with Gasteiger partial charge in [0.1, 0.15) is 0 Å². The molecule has 14 heteroatoms. The highest BCUT2D eigenvalue weighted by atomic mass is 35.5. The third-order valence-electron chi connectivity index (χ3n) is 5.74. The minimum absolute atomic E-state index is 0.0605. The van der Waals surface area contributed by atoms with E-state index in [1.165, 1.54) is 41.5 Å². The maximum absolute atomic E-state index is 14.3. The lowest BCUT2D eigenvalue weighted by Gasteiger charge is -2.15. The highest BCUT2D eigenvalue weighted by molar-refractivity contribution is 6.32. The van der Waals surface area contributed by atoms with E-state index in [2.05, 4.69) is 31.0 Å². The fourth-order valence-corrected chi connectivity index (χ4v) is 4.47. The van der Waals surface area contributed by atoms with E-state index >= 15 is 0 Å². The molecule has 0 aliphatic carbocycles. The molecular formula is C23H12ClF3N8O2. The molecule has 2 N–H and O–H groups in total. The molecule has 0 atom stereocenters.